The van der Waals surface area contributed by atoms with Gasteiger partial charge < -0.3 is 10.4 Å². The van der Waals surface area contributed by atoms with Crippen LogP contribution < -0.4 is 5.32 Å². The van der Waals surface area contributed by atoms with Crippen molar-refractivity contribution in [3.05, 3.63) is 23.4 Å². The molecule has 0 fully saturated rings. The molecule has 1 aromatic rings. The Labute approximate surface area is 121 Å². The number of aromatic carboxylic acids is 1. The van der Waals surface area contributed by atoms with Crippen LogP contribution in [0, 0.1) is 6.92 Å². The zero-order chi connectivity index (χ0) is 15.3. The van der Waals surface area contributed by atoms with E-state index in [9.17, 15) is 4.79 Å². The third-order valence-electron chi connectivity index (χ3n) is 3.20. The molecule has 0 aliphatic rings. The van der Waals surface area contributed by atoms with Gasteiger partial charge in [0.1, 0.15) is 5.82 Å². The predicted molar refractivity (Wildman–Crippen MR) is 81.4 cm³/mol. The lowest BCUT2D eigenvalue weighted by Gasteiger charge is -2.30. The summed E-state index contributed by atoms with van der Waals surface area (Å²) in [4.78, 5) is 17.7. The van der Waals surface area contributed by atoms with Gasteiger partial charge in [0.05, 0.1) is 5.56 Å². The molecule has 5 nitrogen and oxygen atoms in total. The molecule has 112 valence electrons. The summed E-state index contributed by atoms with van der Waals surface area (Å²) in [5.74, 6) is -0.306. The van der Waals surface area contributed by atoms with E-state index in [-0.39, 0.29) is 5.56 Å². The number of nitrogens with one attached hydrogen (secondary N) is 1. The van der Waals surface area contributed by atoms with Crippen molar-refractivity contribution in [2.24, 2.45) is 0 Å². The number of hydrogen-bond donors (Lipinski definition) is 2. The maximum atomic E-state index is 11.0. The number of nitrogens with zero attached hydrogens (tertiary/aromatic N) is 2. The van der Waals surface area contributed by atoms with E-state index in [0.717, 1.165) is 13.1 Å². The topological polar surface area (TPSA) is 65.5 Å². The minimum absolute atomic E-state index is 0.268. The van der Waals surface area contributed by atoms with Gasteiger partial charge in [0.25, 0.3) is 0 Å². The van der Waals surface area contributed by atoms with Crippen molar-refractivity contribution in [1.82, 2.24) is 9.88 Å². The lowest BCUT2D eigenvalue weighted by molar-refractivity contribution is 0.0696. The molecule has 0 spiro atoms. The van der Waals surface area contributed by atoms with Crippen LogP contribution in [0.15, 0.2) is 12.1 Å². The van der Waals surface area contributed by atoms with Crippen LogP contribution in [-0.4, -0.2) is 46.1 Å². The van der Waals surface area contributed by atoms with Gasteiger partial charge in [0, 0.05) is 30.9 Å². The third-order valence-corrected chi connectivity index (χ3v) is 3.20. The molecule has 1 aromatic heterocycles. The molecular formula is C15H25N3O2. The van der Waals surface area contributed by atoms with E-state index >= 15 is 0 Å². The normalized spacial score (nSPS) is 11.4. The van der Waals surface area contributed by atoms with Crippen LogP contribution in [0.1, 0.15) is 43.7 Å². The van der Waals surface area contributed by atoms with Crippen LogP contribution in [0.5, 0.6) is 0 Å². The average molecular weight is 279 g/mol. The van der Waals surface area contributed by atoms with Crippen LogP contribution in [0.3, 0.4) is 0 Å². The van der Waals surface area contributed by atoms with Gasteiger partial charge in [-0.3, -0.25) is 4.90 Å². The summed E-state index contributed by atoms with van der Waals surface area (Å²) in [7, 11) is 0. The van der Waals surface area contributed by atoms with E-state index in [1.807, 2.05) is 0 Å². The van der Waals surface area contributed by atoms with Gasteiger partial charge in [0.2, 0.25) is 0 Å². The smallest absolute Gasteiger partial charge is 0.335 e. The Morgan fingerprint density at radius 2 is 1.90 bits per heavy atom. The summed E-state index contributed by atoms with van der Waals surface area (Å²) in [6.07, 6.45) is 0. The molecule has 1 heterocycles. The summed E-state index contributed by atoms with van der Waals surface area (Å²) in [5.41, 5.74) is 0.974. The van der Waals surface area contributed by atoms with Crippen molar-refractivity contribution in [1.29, 1.82) is 0 Å². The Bertz CT molecular complexity index is 450. The van der Waals surface area contributed by atoms with Crippen LogP contribution in [0.4, 0.5) is 5.82 Å². The van der Waals surface area contributed by atoms with Crippen LogP contribution >= 0.6 is 0 Å². The van der Waals surface area contributed by atoms with Gasteiger partial charge in [-0.25, -0.2) is 9.78 Å². The quantitative estimate of drug-likeness (QED) is 0.803. The van der Waals surface area contributed by atoms with Gasteiger partial charge in [-0.2, -0.15) is 0 Å². The van der Waals surface area contributed by atoms with Crippen molar-refractivity contribution >= 4 is 11.8 Å². The number of aryl methyl sites for hydroxylation is 1. The molecule has 0 radical (unpaired) electrons. The number of aromatic nitrogens is 1. The predicted octanol–water partition coefficient (Wildman–Crippen LogP) is 2.62. The molecule has 20 heavy (non-hydrogen) atoms. The van der Waals surface area contributed by atoms with Crippen LogP contribution in [0.25, 0.3) is 0 Å². The molecule has 1 rings (SSSR count). The minimum atomic E-state index is -0.926. The van der Waals surface area contributed by atoms with Crippen LogP contribution in [-0.2, 0) is 0 Å². The fourth-order valence-electron chi connectivity index (χ4n) is 2.31. The Hall–Kier alpha value is -1.62. The zero-order valence-corrected chi connectivity index (χ0v) is 13.0. The number of anilines is 1. The summed E-state index contributed by atoms with van der Waals surface area (Å²) in [6.45, 7) is 12.1. The minimum Gasteiger partial charge on any atom is -0.478 e. The van der Waals surface area contributed by atoms with Gasteiger partial charge in [-0.15, -0.1) is 0 Å². The Balaban J connectivity index is 2.64. The molecule has 0 saturated heterocycles. The summed E-state index contributed by atoms with van der Waals surface area (Å²) < 4.78 is 0. The molecule has 0 aromatic carbocycles. The zero-order valence-electron chi connectivity index (χ0n) is 13.0. The first kappa shape index (κ1) is 16.4. The summed E-state index contributed by atoms with van der Waals surface area (Å²) >= 11 is 0. The lowest BCUT2D eigenvalue weighted by Crippen LogP contribution is -2.40. The van der Waals surface area contributed by atoms with Gasteiger partial charge in [-0.1, -0.05) is 0 Å². The highest BCUT2D eigenvalue weighted by Crippen LogP contribution is 2.10. The molecule has 0 bridgehead atoms. The highest BCUT2D eigenvalue weighted by Gasteiger charge is 2.13. The number of rotatable bonds is 7. The number of carboxylic acids is 1. The molecule has 0 atom stereocenters. The summed E-state index contributed by atoms with van der Waals surface area (Å²) in [5, 5.41) is 12.2. The maximum absolute atomic E-state index is 11.0. The third kappa shape index (κ3) is 4.81. The Morgan fingerprint density at radius 1 is 1.30 bits per heavy atom. The first-order chi connectivity index (χ1) is 9.31. The molecule has 0 aliphatic carbocycles. The molecule has 0 unspecified atom stereocenters. The fraction of sp³-hybridized carbons (Fsp3) is 0.600. The maximum Gasteiger partial charge on any atom is 0.335 e. The van der Waals surface area contributed by atoms with Gasteiger partial charge in [0.15, 0.2) is 0 Å². The monoisotopic (exact) mass is 279 g/mol. The first-order valence-electron chi connectivity index (χ1n) is 7.03. The van der Waals surface area contributed by atoms with Crippen molar-refractivity contribution in [3.8, 4) is 0 Å². The van der Waals surface area contributed by atoms with E-state index in [2.05, 4.69) is 42.9 Å². The van der Waals surface area contributed by atoms with E-state index < -0.39 is 5.97 Å². The molecule has 0 saturated carbocycles. The highest BCUT2D eigenvalue weighted by molar-refractivity contribution is 5.88. The highest BCUT2D eigenvalue weighted by atomic mass is 16.4. The van der Waals surface area contributed by atoms with Crippen LogP contribution in [0.2, 0.25) is 0 Å². The Kier molecular flexibility index (Phi) is 5.95. The average Bonchev–Trinajstić information content (AvgIpc) is 2.32. The molecule has 2 N–H and O–H groups in total. The Morgan fingerprint density at radius 3 is 2.40 bits per heavy atom. The van der Waals surface area contributed by atoms with E-state index in [1.165, 1.54) is 0 Å². The van der Waals surface area contributed by atoms with Gasteiger partial charge >= 0.3 is 5.97 Å². The van der Waals surface area contributed by atoms with Gasteiger partial charge in [-0.05, 0) is 46.8 Å². The largest absolute Gasteiger partial charge is 0.478 e. The number of carbonyl (C=O) groups is 1. The lowest BCUT2D eigenvalue weighted by atomic mass is 10.2. The van der Waals surface area contributed by atoms with E-state index in [1.54, 1.807) is 19.1 Å². The first-order valence-corrected chi connectivity index (χ1v) is 7.03. The van der Waals surface area contributed by atoms with Crippen molar-refractivity contribution < 1.29 is 9.90 Å². The molecule has 0 aliphatic heterocycles. The van der Waals surface area contributed by atoms with E-state index in [4.69, 9.17) is 5.11 Å². The second-order valence-electron chi connectivity index (χ2n) is 5.54. The second kappa shape index (κ2) is 7.24. The summed E-state index contributed by atoms with van der Waals surface area (Å²) in [6, 6.07) is 4.11. The van der Waals surface area contributed by atoms with Crippen molar-refractivity contribution in [2.75, 3.05) is 18.4 Å². The van der Waals surface area contributed by atoms with Crippen molar-refractivity contribution in [3.63, 3.8) is 0 Å². The molecule has 0 amide bonds. The molecule has 5 heteroatoms. The standard InChI is InChI=1S/C15H25N3O2/c1-10(2)18(11(3)4)7-6-16-14-9-13(15(19)20)8-12(5)17-14/h8-11H,6-7H2,1-5H3,(H,16,17)(H,19,20). The second-order valence-corrected chi connectivity index (χ2v) is 5.54. The fourth-order valence-corrected chi connectivity index (χ4v) is 2.31. The SMILES string of the molecule is Cc1cc(C(=O)O)cc(NCCN(C(C)C)C(C)C)n1. The number of hydrogen-bond acceptors (Lipinski definition) is 4. The molecular weight excluding hydrogens is 254 g/mol. The number of pyridine rings is 1. The van der Waals surface area contributed by atoms with E-state index in [0.29, 0.717) is 23.6 Å². The number of carboxylic acid groups (broad SMARTS) is 1. The van der Waals surface area contributed by atoms with Crippen molar-refractivity contribution in [2.45, 2.75) is 46.7 Å².